The van der Waals surface area contributed by atoms with Gasteiger partial charge in [-0.3, -0.25) is 4.79 Å². The smallest absolute Gasteiger partial charge is 0.246 e. The van der Waals surface area contributed by atoms with Gasteiger partial charge in [-0.15, -0.1) is 0 Å². The maximum Gasteiger partial charge on any atom is 0.246 e. The quantitative estimate of drug-likeness (QED) is 0.697. The monoisotopic (exact) mass is 189 g/mol. The number of pyridine rings is 1. The number of carbonyl (C=O) groups is 1. The highest BCUT2D eigenvalue weighted by Gasteiger charge is 2.18. The number of anilines is 1. The van der Waals surface area contributed by atoms with E-state index in [0.29, 0.717) is 12.0 Å². The second-order valence-electron chi connectivity index (χ2n) is 3.29. The lowest BCUT2D eigenvalue weighted by Gasteiger charge is -2.23. The van der Waals surface area contributed by atoms with Crippen molar-refractivity contribution in [1.29, 1.82) is 0 Å². The Morgan fingerprint density at radius 1 is 1.64 bits per heavy atom. The molecule has 14 heavy (non-hydrogen) atoms. The van der Waals surface area contributed by atoms with Gasteiger partial charge in [0.15, 0.2) is 0 Å². The van der Waals surface area contributed by atoms with E-state index in [-0.39, 0.29) is 5.91 Å². The van der Waals surface area contributed by atoms with Crippen LogP contribution in [0.3, 0.4) is 0 Å². The molecule has 1 aliphatic heterocycles. The van der Waals surface area contributed by atoms with Crippen LogP contribution in [0.4, 0.5) is 5.82 Å². The van der Waals surface area contributed by atoms with Gasteiger partial charge >= 0.3 is 0 Å². The van der Waals surface area contributed by atoms with Gasteiger partial charge in [0.1, 0.15) is 5.82 Å². The number of primary amides is 1. The van der Waals surface area contributed by atoms with Crippen LogP contribution in [0, 0.1) is 0 Å². The van der Waals surface area contributed by atoms with Crippen LogP contribution in [0.5, 0.6) is 0 Å². The molecule has 0 atom stereocenters. The Kier molecular flexibility index (Phi) is 1.96. The van der Waals surface area contributed by atoms with Gasteiger partial charge in [0.2, 0.25) is 5.91 Å². The van der Waals surface area contributed by atoms with E-state index in [0.717, 1.165) is 11.4 Å². The highest BCUT2D eigenvalue weighted by Crippen LogP contribution is 2.24. The predicted octanol–water partition coefficient (Wildman–Crippen LogP) is 0.443. The first-order chi connectivity index (χ1) is 6.68. The third-order valence-corrected chi connectivity index (χ3v) is 2.25. The number of rotatable bonds is 1. The molecule has 2 N–H and O–H groups in total. The molecule has 1 aromatic heterocycles. The van der Waals surface area contributed by atoms with Crippen molar-refractivity contribution in [2.24, 2.45) is 5.73 Å². The molecule has 4 heteroatoms. The fraction of sp³-hybridized carbons (Fsp3) is 0.200. The number of nitrogens with zero attached hydrogens (tertiary/aromatic N) is 2. The molecule has 0 unspecified atom stereocenters. The van der Waals surface area contributed by atoms with Gasteiger partial charge in [-0.05, 0) is 11.6 Å². The lowest BCUT2D eigenvalue weighted by molar-refractivity contribution is -0.114. The molecule has 0 aliphatic carbocycles. The summed E-state index contributed by atoms with van der Waals surface area (Å²) in [5.74, 6) is 0.517. The first kappa shape index (κ1) is 8.74. The molecule has 0 saturated carbocycles. The molecule has 1 aromatic rings. The number of hydrogen-bond acceptors (Lipinski definition) is 3. The zero-order valence-electron chi connectivity index (χ0n) is 7.90. The Hall–Kier alpha value is -1.84. The normalized spacial score (nSPS) is 14.6. The average Bonchev–Trinajstić information content (AvgIpc) is 2.17. The van der Waals surface area contributed by atoms with Crippen LogP contribution in [0.2, 0.25) is 0 Å². The molecule has 2 heterocycles. The lowest BCUT2D eigenvalue weighted by Crippen LogP contribution is -2.25. The number of fused-ring (bicyclic) bond motifs is 1. The number of aromatic nitrogens is 1. The summed E-state index contributed by atoms with van der Waals surface area (Å²) in [5, 5.41) is 0. The van der Waals surface area contributed by atoms with Gasteiger partial charge in [0.25, 0.3) is 0 Å². The average molecular weight is 189 g/mol. The first-order valence-electron chi connectivity index (χ1n) is 4.35. The zero-order valence-corrected chi connectivity index (χ0v) is 7.90. The summed E-state index contributed by atoms with van der Waals surface area (Å²) in [6.07, 6.45) is 4.04. The summed E-state index contributed by atoms with van der Waals surface area (Å²) in [6, 6.07) is 3.81. The molecule has 1 amide bonds. The van der Waals surface area contributed by atoms with E-state index in [9.17, 15) is 4.79 Å². The number of amides is 1. The fourth-order valence-corrected chi connectivity index (χ4v) is 1.58. The maximum atomic E-state index is 11.0. The number of hydrogen-bond donors (Lipinski definition) is 1. The minimum absolute atomic E-state index is 0.369. The Bertz CT molecular complexity index is 412. The van der Waals surface area contributed by atoms with Crippen molar-refractivity contribution in [3.05, 3.63) is 35.7 Å². The SMILES string of the molecule is CN1C=C(C(N)=O)Cc2cccnc21. The summed E-state index contributed by atoms with van der Waals surface area (Å²) in [7, 11) is 1.86. The third-order valence-electron chi connectivity index (χ3n) is 2.25. The summed E-state index contributed by atoms with van der Waals surface area (Å²) in [6.45, 7) is 0. The Labute approximate surface area is 82.0 Å². The molecule has 1 aliphatic rings. The van der Waals surface area contributed by atoms with Crippen LogP contribution < -0.4 is 10.6 Å². The highest BCUT2D eigenvalue weighted by molar-refractivity contribution is 5.93. The van der Waals surface area contributed by atoms with Crippen LogP contribution in [0.1, 0.15) is 5.56 Å². The van der Waals surface area contributed by atoms with Crippen LogP contribution in [-0.2, 0) is 11.2 Å². The zero-order chi connectivity index (χ0) is 10.1. The van der Waals surface area contributed by atoms with Crippen molar-refractivity contribution in [3.63, 3.8) is 0 Å². The summed E-state index contributed by atoms with van der Waals surface area (Å²) in [5.41, 5.74) is 6.88. The van der Waals surface area contributed by atoms with E-state index in [1.807, 2.05) is 24.1 Å². The van der Waals surface area contributed by atoms with Crippen molar-refractivity contribution < 1.29 is 4.79 Å². The molecular weight excluding hydrogens is 178 g/mol. The standard InChI is InChI=1S/C10H11N3O/c1-13-6-8(9(11)14)5-7-3-2-4-12-10(7)13/h2-4,6H,5H2,1H3,(H2,11,14). The van der Waals surface area contributed by atoms with Crippen molar-refractivity contribution in [2.75, 3.05) is 11.9 Å². The lowest BCUT2D eigenvalue weighted by atomic mass is 10.0. The van der Waals surface area contributed by atoms with Crippen LogP contribution in [-0.4, -0.2) is 17.9 Å². The van der Waals surface area contributed by atoms with Crippen molar-refractivity contribution in [3.8, 4) is 0 Å². The summed E-state index contributed by atoms with van der Waals surface area (Å²) >= 11 is 0. The van der Waals surface area contributed by atoms with Crippen molar-refractivity contribution in [1.82, 2.24) is 4.98 Å². The molecule has 72 valence electrons. The second kappa shape index (κ2) is 3.14. The van der Waals surface area contributed by atoms with Crippen LogP contribution >= 0.6 is 0 Å². The fourth-order valence-electron chi connectivity index (χ4n) is 1.58. The predicted molar refractivity (Wildman–Crippen MR) is 53.6 cm³/mol. The van der Waals surface area contributed by atoms with Gasteiger partial charge in [0.05, 0.1) is 0 Å². The first-order valence-corrected chi connectivity index (χ1v) is 4.35. The molecule has 0 bridgehead atoms. The molecule has 0 radical (unpaired) electrons. The molecule has 2 rings (SSSR count). The minimum Gasteiger partial charge on any atom is -0.366 e. The van der Waals surface area contributed by atoms with E-state index in [1.165, 1.54) is 0 Å². The van der Waals surface area contributed by atoms with E-state index in [2.05, 4.69) is 4.98 Å². The minimum atomic E-state index is -0.369. The van der Waals surface area contributed by atoms with Gasteiger partial charge in [-0.2, -0.15) is 0 Å². The van der Waals surface area contributed by atoms with Crippen LogP contribution in [0.25, 0.3) is 0 Å². The molecular formula is C10H11N3O. The van der Waals surface area contributed by atoms with E-state index in [1.54, 1.807) is 12.4 Å². The number of carbonyl (C=O) groups excluding carboxylic acids is 1. The van der Waals surface area contributed by atoms with Gasteiger partial charge in [-0.1, -0.05) is 6.07 Å². The molecule has 0 fully saturated rings. The molecule has 0 saturated heterocycles. The third kappa shape index (κ3) is 1.35. The number of nitrogens with two attached hydrogens (primary N) is 1. The van der Waals surface area contributed by atoms with Crippen molar-refractivity contribution >= 4 is 11.7 Å². The second-order valence-corrected chi connectivity index (χ2v) is 3.29. The summed E-state index contributed by atoms with van der Waals surface area (Å²) in [4.78, 5) is 17.1. The van der Waals surface area contributed by atoms with Crippen molar-refractivity contribution in [2.45, 2.75) is 6.42 Å². The topological polar surface area (TPSA) is 59.2 Å². The summed E-state index contributed by atoms with van der Waals surface area (Å²) < 4.78 is 0. The largest absolute Gasteiger partial charge is 0.366 e. The maximum absolute atomic E-state index is 11.0. The Morgan fingerprint density at radius 3 is 3.14 bits per heavy atom. The van der Waals surface area contributed by atoms with E-state index < -0.39 is 0 Å². The van der Waals surface area contributed by atoms with Gasteiger partial charge in [-0.25, -0.2) is 4.98 Å². The molecule has 4 nitrogen and oxygen atoms in total. The van der Waals surface area contributed by atoms with Gasteiger partial charge < -0.3 is 10.6 Å². The molecule has 0 spiro atoms. The Balaban J connectivity index is 2.42. The Morgan fingerprint density at radius 2 is 2.43 bits per heavy atom. The van der Waals surface area contributed by atoms with Crippen LogP contribution in [0.15, 0.2) is 30.1 Å². The highest BCUT2D eigenvalue weighted by atomic mass is 16.1. The van der Waals surface area contributed by atoms with E-state index in [4.69, 9.17) is 5.73 Å². The molecule has 0 aromatic carbocycles. The van der Waals surface area contributed by atoms with E-state index >= 15 is 0 Å². The van der Waals surface area contributed by atoms with Gasteiger partial charge in [0, 0.05) is 31.4 Å².